The van der Waals surface area contributed by atoms with E-state index in [4.69, 9.17) is 5.73 Å². The zero-order chi connectivity index (χ0) is 11.4. The molecular weight excluding hydrogens is 196 g/mol. The molecule has 0 bridgehead atoms. The average Bonchev–Trinajstić information content (AvgIpc) is 2.64. The van der Waals surface area contributed by atoms with Crippen molar-refractivity contribution in [1.29, 1.82) is 0 Å². The maximum atomic E-state index is 5.75. The molecule has 0 aromatic heterocycles. The van der Waals surface area contributed by atoms with E-state index < -0.39 is 0 Å². The minimum absolute atomic E-state index is 0.746. The molecular formula is C14H22N2. The lowest BCUT2D eigenvalue weighted by Gasteiger charge is -2.12. The predicted molar refractivity (Wildman–Crippen MR) is 69.4 cm³/mol. The Balaban J connectivity index is 1.72. The van der Waals surface area contributed by atoms with Crippen LogP contribution in [0.1, 0.15) is 31.7 Å². The van der Waals surface area contributed by atoms with Gasteiger partial charge in [0.2, 0.25) is 0 Å². The molecule has 2 atom stereocenters. The third-order valence-electron chi connectivity index (χ3n) is 3.49. The molecule has 2 unspecified atom stereocenters. The third-order valence-corrected chi connectivity index (χ3v) is 3.49. The monoisotopic (exact) mass is 218 g/mol. The minimum Gasteiger partial charge on any atom is -0.399 e. The lowest BCUT2D eigenvalue weighted by atomic mass is 10.1. The van der Waals surface area contributed by atoms with Gasteiger partial charge in [-0.25, -0.2) is 0 Å². The molecule has 0 spiro atoms. The Hall–Kier alpha value is -1.02. The van der Waals surface area contributed by atoms with Crippen molar-refractivity contribution in [2.24, 2.45) is 5.92 Å². The summed E-state index contributed by atoms with van der Waals surface area (Å²) in [7, 11) is 0. The smallest absolute Gasteiger partial charge is 0.0316 e. The fraction of sp³-hybridized carbons (Fsp3) is 0.571. The van der Waals surface area contributed by atoms with E-state index in [0.717, 1.165) is 30.6 Å². The van der Waals surface area contributed by atoms with Crippen LogP contribution >= 0.6 is 0 Å². The number of benzene rings is 1. The van der Waals surface area contributed by atoms with Crippen molar-refractivity contribution in [3.63, 3.8) is 0 Å². The highest BCUT2D eigenvalue weighted by atomic mass is 14.9. The van der Waals surface area contributed by atoms with Crippen LogP contribution in [-0.2, 0) is 6.42 Å². The molecule has 1 aromatic rings. The summed E-state index contributed by atoms with van der Waals surface area (Å²) >= 11 is 0. The number of nitrogens with one attached hydrogen (secondary N) is 1. The molecule has 0 heterocycles. The fourth-order valence-corrected chi connectivity index (χ4v) is 2.56. The van der Waals surface area contributed by atoms with E-state index in [1.54, 1.807) is 0 Å². The Kier molecular flexibility index (Phi) is 3.83. The first kappa shape index (κ1) is 11.5. The molecule has 2 nitrogen and oxygen atoms in total. The van der Waals surface area contributed by atoms with Crippen molar-refractivity contribution in [1.82, 2.24) is 5.32 Å². The summed E-state index contributed by atoms with van der Waals surface area (Å²) in [6, 6.07) is 8.93. The van der Waals surface area contributed by atoms with Crippen LogP contribution in [0.2, 0.25) is 0 Å². The Labute approximate surface area is 98.2 Å². The quantitative estimate of drug-likeness (QED) is 0.762. The standard InChI is InChI=1S/C14H22N2/c1-11-5-6-14(9-11)16-8-7-12-3-2-4-13(15)10-12/h2-4,10-11,14,16H,5-9,15H2,1H3. The minimum atomic E-state index is 0.746. The van der Waals surface area contributed by atoms with Crippen LogP contribution in [0.3, 0.4) is 0 Å². The molecule has 2 rings (SSSR count). The summed E-state index contributed by atoms with van der Waals surface area (Å²) in [5.41, 5.74) is 7.95. The summed E-state index contributed by atoms with van der Waals surface area (Å²) in [5, 5.41) is 3.64. The molecule has 1 aliphatic carbocycles. The Bertz CT molecular complexity index is 335. The van der Waals surface area contributed by atoms with Gasteiger partial charge in [0.25, 0.3) is 0 Å². The molecule has 88 valence electrons. The SMILES string of the molecule is CC1CCC(NCCc2cccc(N)c2)C1. The van der Waals surface area contributed by atoms with Gasteiger partial charge in [-0.1, -0.05) is 19.1 Å². The summed E-state index contributed by atoms with van der Waals surface area (Å²) < 4.78 is 0. The van der Waals surface area contributed by atoms with Crippen molar-refractivity contribution in [3.05, 3.63) is 29.8 Å². The van der Waals surface area contributed by atoms with Crippen molar-refractivity contribution < 1.29 is 0 Å². The van der Waals surface area contributed by atoms with E-state index in [2.05, 4.69) is 24.4 Å². The summed E-state index contributed by atoms with van der Waals surface area (Å²) in [4.78, 5) is 0. The molecule has 0 amide bonds. The van der Waals surface area contributed by atoms with Gasteiger partial charge >= 0.3 is 0 Å². The molecule has 16 heavy (non-hydrogen) atoms. The summed E-state index contributed by atoms with van der Waals surface area (Å²) in [6.07, 6.45) is 5.15. The van der Waals surface area contributed by atoms with Crippen molar-refractivity contribution in [2.75, 3.05) is 12.3 Å². The Morgan fingerprint density at radius 3 is 2.94 bits per heavy atom. The van der Waals surface area contributed by atoms with Crippen molar-refractivity contribution >= 4 is 5.69 Å². The van der Waals surface area contributed by atoms with E-state index in [9.17, 15) is 0 Å². The Morgan fingerprint density at radius 1 is 1.38 bits per heavy atom. The predicted octanol–water partition coefficient (Wildman–Crippen LogP) is 2.59. The summed E-state index contributed by atoms with van der Waals surface area (Å²) in [6.45, 7) is 3.42. The lowest BCUT2D eigenvalue weighted by Crippen LogP contribution is -2.28. The third kappa shape index (κ3) is 3.24. The largest absolute Gasteiger partial charge is 0.399 e. The van der Waals surface area contributed by atoms with Gasteiger partial charge in [0, 0.05) is 11.7 Å². The van der Waals surface area contributed by atoms with Gasteiger partial charge in [-0.15, -0.1) is 0 Å². The first-order valence-corrected chi connectivity index (χ1v) is 6.32. The van der Waals surface area contributed by atoms with Gasteiger partial charge in [-0.05, 0) is 55.8 Å². The molecule has 0 radical (unpaired) electrons. The van der Waals surface area contributed by atoms with Gasteiger partial charge < -0.3 is 11.1 Å². The van der Waals surface area contributed by atoms with Crippen LogP contribution in [0.15, 0.2) is 24.3 Å². The molecule has 0 saturated heterocycles. The average molecular weight is 218 g/mol. The lowest BCUT2D eigenvalue weighted by molar-refractivity contribution is 0.506. The number of rotatable bonds is 4. The van der Waals surface area contributed by atoms with Crippen LogP contribution < -0.4 is 11.1 Å². The number of hydrogen-bond acceptors (Lipinski definition) is 2. The first-order chi connectivity index (χ1) is 7.74. The van der Waals surface area contributed by atoms with E-state index in [-0.39, 0.29) is 0 Å². The van der Waals surface area contributed by atoms with Crippen molar-refractivity contribution in [2.45, 2.75) is 38.6 Å². The topological polar surface area (TPSA) is 38.0 Å². The second-order valence-electron chi connectivity index (χ2n) is 5.06. The highest BCUT2D eigenvalue weighted by Crippen LogP contribution is 2.24. The number of hydrogen-bond donors (Lipinski definition) is 2. The van der Waals surface area contributed by atoms with E-state index in [1.807, 2.05) is 12.1 Å². The van der Waals surface area contributed by atoms with Gasteiger partial charge in [-0.2, -0.15) is 0 Å². The van der Waals surface area contributed by atoms with E-state index >= 15 is 0 Å². The van der Waals surface area contributed by atoms with Crippen LogP contribution in [0.5, 0.6) is 0 Å². The maximum Gasteiger partial charge on any atom is 0.0316 e. The molecule has 0 aliphatic heterocycles. The van der Waals surface area contributed by atoms with Crippen LogP contribution in [0.4, 0.5) is 5.69 Å². The van der Waals surface area contributed by atoms with Crippen LogP contribution in [-0.4, -0.2) is 12.6 Å². The zero-order valence-electron chi connectivity index (χ0n) is 10.1. The molecule has 1 saturated carbocycles. The number of nitrogens with two attached hydrogens (primary N) is 1. The van der Waals surface area contributed by atoms with Gasteiger partial charge in [-0.3, -0.25) is 0 Å². The highest BCUT2D eigenvalue weighted by molar-refractivity contribution is 5.40. The molecule has 1 aliphatic rings. The highest BCUT2D eigenvalue weighted by Gasteiger charge is 2.19. The van der Waals surface area contributed by atoms with Gasteiger partial charge in [0.05, 0.1) is 0 Å². The first-order valence-electron chi connectivity index (χ1n) is 6.32. The van der Waals surface area contributed by atoms with E-state index in [1.165, 1.54) is 24.8 Å². The van der Waals surface area contributed by atoms with Crippen LogP contribution in [0.25, 0.3) is 0 Å². The van der Waals surface area contributed by atoms with E-state index in [0.29, 0.717) is 0 Å². The molecule has 2 heteroatoms. The zero-order valence-corrected chi connectivity index (χ0v) is 10.1. The van der Waals surface area contributed by atoms with Gasteiger partial charge in [0.15, 0.2) is 0 Å². The summed E-state index contributed by atoms with van der Waals surface area (Å²) in [5.74, 6) is 0.907. The fourth-order valence-electron chi connectivity index (χ4n) is 2.56. The molecule has 3 N–H and O–H groups in total. The second-order valence-corrected chi connectivity index (χ2v) is 5.06. The van der Waals surface area contributed by atoms with Crippen molar-refractivity contribution in [3.8, 4) is 0 Å². The van der Waals surface area contributed by atoms with Crippen LogP contribution in [0, 0.1) is 5.92 Å². The number of anilines is 1. The normalized spacial score (nSPS) is 24.8. The molecule has 1 fully saturated rings. The molecule has 1 aromatic carbocycles. The maximum absolute atomic E-state index is 5.75. The number of nitrogen functional groups attached to an aromatic ring is 1. The van der Waals surface area contributed by atoms with Gasteiger partial charge in [0.1, 0.15) is 0 Å². The second kappa shape index (κ2) is 5.35. The Morgan fingerprint density at radius 2 is 2.25 bits per heavy atom.